The maximum Gasteiger partial charge on any atom is 0.337 e. The minimum absolute atomic E-state index is 0.176. The standard InChI is InChI=1S/C26H24N4O3S/c1-18-7-9-20(10-8-18)16-30-23-6-4-3-5-22(23)28-26(30)34-17-24(31)29-27-15-19-11-13-21(14-12-19)25(32)33-2/h3-15H,16-17H2,1-2H3,(H,29,31)/b27-15+. The van der Waals surface area contributed by atoms with Crippen LogP contribution in [0.15, 0.2) is 83.1 Å². The maximum absolute atomic E-state index is 12.4. The molecule has 0 aliphatic rings. The number of hydrogen-bond acceptors (Lipinski definition) is 6. The van der Waals surface area contributed by atoms with Crippen LogP contribution >= 0.6 is 11.8 Å². The number of aryl methyl sites for hydroxylation is 1. The number of aromatic nitrogens is 2. The van der Waals surface area contributed by atoms with Gasteiger partial charge in [-0.3, -0.25) is 4.79 Å². The number of ether oxygens (including phenoxy) is 1. The molecule has 8 heteroatoms. The third kappa shape index (κ3) is 5.71. The second kappa shape index (κ2) is 10.8. The molecular formula is C26H24N4O3S. The highest BCUT2D eigenvalue weighted by molar-refractivity contribution is 7.99. The molecular weight excluding hydrogens is 448 g/mol. The highest BCUT2D eigenvalue weighted by atomic mass is 32.2. The van der Waals surface area contributed by atoms with Crippen LogP contribution in [0.1, 0.15) is 27.0 Å². The van der Waals surface area contributed by atoms with E-state index in [9.17, 15) is 9.59 Å². The number of benzene rings is 3. The third-order valence-electron chi connectivity index (χ3n) is 5.15. The quantitative estimate of drug-likeness (QED) is 0.178. The van der Waals surface area contributed by atoms with Crippen molar-refractivity contribution in [1.29, 1.82) is 0 Å². The van der Waals surface area contributed by atoms with Crippen molar-refractivity contribution in [2.45, 2.75) is 18.6 Å². The molecule has 7 nitrogen and oxygen atoms in total. The van der Waals surface area contributed by atoms with Crippen LogP contribution < -0.4 is 5.43 Å². The number of esters is 1. The molecule has 0 unspecified atom stereocenters. The normalized spacial score (nSPS) is 11.1. The molecule has 3 aromatic carbocycles. The van der Waals surface area contributed by atoms with E-state index in [4.69, 9.17) is 4.98 Å². The van der Waals surface area contributed by atoms with E-state index in [-0.39, 0.29) is 11.7 Å². The lowest BCUT2D eigenvalue weighted by atomic mass is 10.1. The molecule has 0 radical (unpaired) electrons. The third-order valence-corrected chi connectivity index (χ3v) is 6.12. The number of methoxy groups -OCH3 is 1. The molecule has 4 rings (SSSR count). The summed E-state index contributed by atoms with van der Waals surface area (Å²) in [7, 11) is 1.34. The number of carbonyl (C=O) groups excluding carboxylic acids is 2. The number of hydrogen-bond donors (Lipinski definition) is 1. The van der Waals surface area contributed by atoms with Gasteiger partial charge in [-0.2, -0.15) is 5.10 Å². The van der Waals surface area contributed by atoms with Crippen LogP contribution in [0.4, 0.5) is 0 Å². The van der Waals surface area contributed by atoms with Crippen molar-refractivity contribution in [3.8, 4) is 0 Å². The minimum Gasteiger partial charge on any atom is -0.465 e. The first-order valence-electron chi connectivity index (χ1n) is 10.7. The Bertz CT molecular complexity index is 1330. The van der Waals surface area contributed by atoms with Gasteiger partial charge in [-0.1, -0.05) is 65.9 Å². The van der Waals surface area contributed by atoms with Gasteiger partial charge >= 0.3 is 5.97 Å². The van der Waals surface area contributed by atoms with E-state index in [2.05, 4.69) is 51.0 Å². The summed E-state index contributed by atoms with van der Waals surface area (Å²) in [5.41, 5.74) is 8.05. The van der Waals surface area contributed by atoms with Gasteiger partial charge in [-0.15, -0.1) is 0 Å². The van der Waals surface area contributed by atoms with Crippen molar-refractivity contribution in [3.63, 3.8) is 0 Å². The van der Waals surface area contributed by atoms with E-state index < -0.39 is 5.97 Å². The Morgan fingerprint density at radius 1 is 1.06 bits per heavy atom. The number of thioether (sulfide) groups is 1. The molecule has 0 saturated heterocycles. The number of nitrogens with one attached hydrogen (secondary N) is 1. The largest absolute Gasteiger partial charge is 0.465 e. The van der Waals surface area contributed by atoms with Gasteiger partial charge in [0.15, 0.2) is 5.16 Å². The Kier molecular flexibility index (Phi) is 7.39. The number of imidazole rings is 1. The predicted octanol–water partition coefficient (Wildman–Crippen LogP) is 4.42. The lowest BCUT2D eigenvalue weighted by Gasteiger charge is -2.09. The van der Waals surface area contributed by atoms with Gasteiger partial charge in [0.25, 0.3) is 5.91 Å². The molecule has 1 N–H and O–H groups in total. The van der Waals surface area contributed by atoms with Crippen LogP contribution in [0.5, 0.6) is 0 Å². The first-order valence-corrected chi connectivity index (χ1v) is 11.7. The van der Waals surface area contributed by atoms with Gasteiger partial charge < -0.3 is 9.30 Å². The first kappa shape index (κ1) is 23.3. The molecule has 1 amide bonds. The molecule has 34 heavy (non-hydrogen) atoms. The Labute approximate surface area is 201 Å². The van der Waals surface area contributed by atoms with E-state index in [0.717, 1.165) is 21.8 Å². The van der Waals surface area contributed by atoms with Crippen LogP contribution in [0.3, 0.4) is 0 Å². The highest BCUT2D eigenvalue weighted by Gasteiger charge is 2.13. The van der Waals surface area contributed by atoms with E-state index in [0.29, 0.717) is 12.1 Å². The molecule has 0 aliphatic carbocycles. The van der Waals surface area contributed by atoms with Gasteiger partial charge in [0.1, 0.15) is 0 Å². The summed E-state index contributed by atoms with van der Waals surface area (Å²) in [6, 6.07) is 23.1. The van der Waals surface area contributed by atoms with Crippen molar-refractivity contribution < 1.29 is 14.3 Å². The van der Waals surface area contributed by atoms with E-state index in [1.165, 1.54) is 36.2 Å². The molecule has 4 aromatic rings. The average molecular weight is 473 g/mol. The van der Waals surface area contributed by atoms with Crippen LogP contribution in [-0.4, -0.2) is 40.5 Å². The molecule has 0 bridgehead atoms. The summed E-state index contributed by atoms with van der Waals surface area (Å²) in [5.74, 6) is -0.459. The Morgan fingerprint density at radius 3 is 2.53 bits per heavy atom. The smallest absolute Gasteiger partial charge is 0.337 e. The van der Waals surface area contributed by atoms with Crippen molar-refractivity contribution in [3.05, 3.63) is 95.1 Å². The zero-order valence-corrected chi connectivity index (χ0v) is 19.7. The van der Waals surface area contributed by atoms with Crippen LogP contribution in [-0.2, 0) is 16.1 Å². The fourth-order valence-corrected chi connectivity index (χ4v) is 4.16. The summed E-state index contributed by atoms with van der Waals surface area (Å²) in [4.78, 5) is 28.6. The molecule has 0 fully saturated rings. The summed E-state index contributed by atoms with van der Waals surface area (Å²) >= 11 is 1.37. The number of fused-ring (bicyclic) bond motifs is 1. The van der Waals surface area contributed by atoms with Crippen molar-refractivity contribution in [1.82, 2.24) is 15.0 Å². The molecule has 1 aromatic heterocycles. The number of para-hydroxylation sites is 2. The maximum atomic E-state index is 12.4. The van der Waals surface area contributed by atoms with Gasteiger partial charge in [0.2, 0.25) is 0 Å². The summed E-state index contributed by atoms with van der Waals surface area (Å²) < 4.78 is 6.81. The second-order valence-electron chi connectivity index (χ2n) is 7.65. The van der Waals surface area contributed by atoms with Crippen molar-refractivity contribution in [2.24, 2.45) is 5.10 Å². The predicted molar refractivity (Wildman–Crippen MR) is 134 cm³/mol. The van der Waals surface area contributed by atoms with Crippen LogP contribution in [0, 0.1) is 6.92 Å². The van der Waals surface area contributed by atoms with Crippen LogP contribution in [0.2, 0.25) is 0 Å². The molecule has 0 aliphatic heterocycles. The summed E-state index contributed by atoms with van der Waals surface area (Å²) in [6.07, 6.45) is 1.52. The zero-order chi connectivity index (χ0) is 23.9. The Hall–Kier alpha value is -3.91. The minimum atomic E-state index is -0.401. The van der Waals surface area contributed by atoms with Gasteiger partial charge in [-0.25, -0.2) is 15.2 Å². The number of carbonyl (C=O) groups is 2. The monoisotopic (exact) mass is 472 g/mol. The lowest BCUT2D eigenvalue weighted by molar-refractivity contribution is -0.118. The molecule has 0 spiro atoms. The fraction of sp³-hybridized carbons (Fsp3) is 0.154. The summed E-state index contributed by atoms with van der Waals surface area (Å²) in [6.45, 7) is 2.74. The number of amides is 1. The second-order valence-corrected chi connectivity index (χ2v) is 8.59. The van der Waals surface area contributed by atoms with E-state index in [1.54, 1.807) is 24.3 Å². The molecule has 1 heterocycles. The Morgan fingerprint density at radius 2 is 1.79 bits per heavy atom. The number of nitrogens with zero attached hydrogens (tertiary/aromatic N) is 3. The van der Waals surface area contributed by atoms with Crippen LogP contribution in [0.25, 0.3) is 11.0 Å². The van der Waals surface area contributed by atoms with Crippen molar-refractivity contribution >= 4 is 40.9 Å². The fourth-order valence-electron chi connectivity index (χ4n) is 3.36. The van der Waals surface area contributed by atoms with Gasteiger partial charge in [-0.05, 0) is 42.3 Å². The molecule has 0 saturated carbocycles. The number of rotatable bonds is 8. The average Bonchev–Trinajstić information content (AvgIpc) is 3.21. The first-order chi connectivity index (χ1) is 16.5. The molecule has 172 valence electrons. The number of hydrazone groups is 1. The molecule has 0 atom stereocenters. The lowest BCUT2D eigenvalue weighted by Crippen LogP contribution is -2.20. The topological polar surface area (TPSA) is 85.6 Å². The SMILES string of the molecule is COC(=O)c1ccc(/C=N/NC(=O)CSc2nc3ccccc3n2Cc2ccc(C)cc2)cc1. The Balaban J connectivity index is 1.39. The van der Waals surface area contributed by atoms with E-state index >= 15 is 0 Å². The van der Waals surface area contributed by atoms with E-state index in [1.807, 2.05) is 24.3 Å². The summed E-state index contributed by atoms with van der Waals surface area (Å²) in [5, 5.41) is 4.79. The zero-order valence-electron chi connectivity index (χ0n) is 18.9. The van der Waals surface area contributed by atoms with Crippen molar-refractivity contribution in [2.75, 3.05) is 12.9 Å². The highest BCUT2D eigenvalue weighted by Crippen LogP contribution is 2.25. The van der Waals surface area contributed by atoms with Gasteiger partial charge in [0.05, 0.1) is 42.2 Å². The van der Waals surface area contributed by atoms with Gasteiger partial charge in [0, 0.05) is 0 Å².